The van der Waals surface area contributed by atoms with Gasteiger partial charge < -0.3 is 14.9 Å². The number of rotatable bonds is 2. The number of hydrogen-bond donors (Lipinski definition) is 2. The molecule has 2 N–H and O–H groups in total. The maximum atomic E-state index is 9.94. The average Bonchev–Trinajstić information content (AvgIpc) is 2.61. The first-order chi connectivity index (χ1) is 10.2. The van der Waals surface area contributed by atoms with Gasteiger partial charge in [0, 0.05) is 20.9 Å². The number of ether oxygens (including phenoxy) is 1. The van der Waals surface area contributed by atoms with Crippen LogP contribution in [0.5, 0.6) is 0 Å². The zero-order chi connectivity index (χ0) is 15.0. The van der Waals surface area contributed by atoms with Crippen molar-refractivity contribution >= 4 is 17.3 Å². The van der Waals surface area contributed by atoms with Crippen molar-refractivity contribution in [2.75, 3.05) is 7.11 Å². The molecule has 2 aliphatic rings. The fraction of sp³-hybridized carbons (Fsp3) is 0.294. The Labute approximate surface area is 128 Å². The molecule has 2 unspecified atom stereocenters. The monoisotopic (exact) mass is 302 g/mol. The fourth-order valence-corrected chi connectivity index (χ4v) is 3.93. The molecule has 1 heterocycles. The van der Waals surface area contributed by atoms with Crippen LogP contribution in [0.3, 0.4) is 0 Å². The first-order valence-corrected chi connectivity index (χ1v) is 7.82. The third-order valence-corrected chi connectivity index (χ3v) is 4.94. The summed E-state index contributed by atoms with van der Waals surface area (Å²) in [6, 6.07) is 8.19. The summed E-state index contributed by atoms with van der Waals surface area (Å²) in [7, 11) is 1.65. The van der Waals surface area contributed by atoms with Crippen molar-refractivity contribution in [3.63, 3.8) is 0 Å². The molecule has 0 fully saturated rings. The van der Waals surface area contributed by atoms with Crippen molar-refractivity contribution in [1.82, 2.24) is 0 Å². The van der Waals surface area contributed by atoms with E-state index in [1.54, 1.807) is 31.0 Å². The highest BCUT2D eigenvalue weighted by atomic mass is 32.2. The van der Waals surface area contributed by atoms with E-state index in [1.165, 1.54) is 0 Å². The summed E-state index contributed by atoms with van der Waals surface area (Å²) in [5.41, 5.74) is 3.15. The predicted molar refractivity (Wildman–Crippen MR) is 84.7 cm³/mol. The summed E-state index contributed by atoms with van der Waals surface area (Å²) < 4.78 is 5.65. The summed E-state index contributed by atoms with van der Waals surface area (Å²) in [6.07, 6.45) is 2.47. The van der Waals surface area contributed by atoms with E-state index in [-0.39, 0.29) is 0 Å². The second-order valence-electron chi connectivity index (χ2n) is 5.06. The number of benzene rings is 1. The number of aliphatic hydroxyl groups excluding tert-OH is 2. The quantitative estimate of drug-likeness (QED) is 0.881. The van der Waals surface area contributed by atoms with Gasteiger partial charge in [-0.05, 0) is 30.2 Å². The topological polar surface area (TPSA) is 49.7 Å². The van der Waals surface area contributed by atoms with E-state index < -0.39 is 12.2 Å². The zero-order valence-corrected chi connectivity index (χ0v) is 12.9. The Morgan fingerprint density at radius 2 is 1.86 bits per heavy atom. The lowest BCUT2D eigenvalue weighted by atomic mass is 9.94. The highest BCUT2D eigenvalue weighted by molar-refractivity contribution is 8.03. The minimum absolute atomic E-state index is 0.784. The molecule has 1 aliphatic heterocycles. The van der Waals surface area contributed by atoms with Crippen LogP contribution in [0.1, 0.15) is 18.9 Å². The van der Waals surface area contributed by atoms with Crippen molar-refractivity contribution in [2.24, 2.45) is 0 Å². The van der Waals surface area contributed by atoms with Crippen LogP contribution in [0.25, 0.3) is 5.57 Å². The van der Waals surface area contributed by atoms with Crippen LogP contribution in [-0.2, 0) is 4.74 Å². The molecule has 0 radical (unpaired) electrons. The Balaban J connectivity index is 2.26. The van der Waals surface area contributed by atoms with E-state index in [9.17, 15) is 10.2 Å². The second-order valence-corrected chi connectivity index (χ2v) is 6.14. The third-order valence-electron chi connectivity index (χ3n) is 3.78. The zero-order valence-electron chi connectivity index (χ0n) is 12.0. The summed E-state index contributed by atoms with van der Waals surface area (Å²) >= 11 is 1.61. The smallest absolute Gasteiger partial charge is 0.130 e. The fourth-order valence-electron chi connectivity index (χ4n) is 2.76. The van der Waals surface area contributed by atoms with Gasteiger partial charge in [0.1, 0.15) is 18.0 Å². The molecule has 0 bridgehead atoms. The molecule has 0 spiro atoms. The largest absolute Gasteiger partial charge is 0.496 e. The Kier molecular flexibility index (Phi) is 3.93. The minimum atomic E-state index is -0.895. The Morgan fingerprint density at radius 3 is 2.57 bits per heavy atom. The first-order valence-electron chi connectivity index (χ1n) is 7.00. The molecule has 1 aliphatic carbocycles. The van der Waals surface area contributed by atoms with Crippen molar-refractivity contribution in [3.8, 4) is 0 Å². The number of methoxy groups -OCH3 is 1. The van der Waals surface area contributed by atoms with Crippen molar-refractivity contribution in [2.45, 2.75) is 30.4 Å². The number of fused-ring (bicyclic) bond motifs is 2. The normalized spacial score (nSPS) is 24.6. The molecular weight excluding hydrogens is 284 g/mol. The number of thioether (sulfide) groups is 1. The van der Waals surface area contributed by atoms with E-state index in [1.807, 2.05) is 12.1 Å². The molecule has 0 saturated heterocycles. The van der Waals surface area contributed by atoms with Gasteiger partial charge in [0.05, 0.1) is 7.11 Å². The van der Waals surface area contributed by atoms with Crippen molar-refractivity contribution < 1.29 is 14.9 Å². The Hall–Kier alpha value is -1.49. The summed E-state index contributed by atoms with van der Waals surface area (Å²) in [5.74, 6) is 0.784. The van der Waals surface area contributed by atoms with Crippen LogP contribution < -0.4 is 0 Å². The van der Waals surface area contributed by atoms with Gasteiger partial charge in [-0.25, -0.2) is 0 Å². The van der Waals surface area contributed by atoms with Crippen molar-refractivity contribution in [3.05, 3.63) is 58.2 Å². The van der Waals surface area contributed by atoms with Crippen LogP contribution in [-0.4, -0.2) is 29.5 Å². The first kappa shape index (κ1) is 14.4. The van der Waals surface area contributed by atoms with Gasteiger partial charge in [0.15, 0.2) is 0 Å². The lowest BCUT2D eigenvalue weighted by Crippen LogP contribution is -2.25. The minimum Gasteiger partial charge on any atom is -0.496 e. The van der Waals surface area contributed by atoms with Crippen LogP contribution in [0.4, 0.5) is 0 Å². The van der Waals surface area contributed by atoms with E-state index in [0.717, 1.165) is 38.7 Å². The standard InChI is InChI=1S/C17H18O3S/c1-3-10-11-6-4-5-7-15(11)21-16-9-14(19)13(18)8-12(16)17(10)20-2/h4-9,13-14,18-19H,3H2,1-2H3. The molecular formula is C17H18O3S. The van der Waals surface area contributed by atoms with Gasteiger partial charge >= 0.3 is 0 Å². The molecule has 1 aromatic carbocycles. The Bertz CT molecular complexity index is 658. The molecule has 3 nitrogen and oxygen atoms in total. The maximum Gasteiger partial charge on any atom is 0.130 e. The van der Waals surface area contributed by atoms with Gasteiger partial charge in [-0.15, -0.1) is 0 Å². The highest BCUT2D eigenvalue weighted by Gasteiger charge is 2.29. The molecule has 21 heavy (non-hydrogen) atoms. The van der Waals surface area contributed by atoms with E-state index in [0.29, 0.717) is 0 Å². The molecule has 0 aromatic heterocycles. The lowest BCUT2D eigenvalue weighted by Gasteiger charge is -2.23. The van der Waals surface area contributed by atoms with Gasteiger partial charge in [-0.2, -0.15) is 0 Å². The van der Waals surface area contributed by atoms with Gasteiger partial charge in [0.2, 0.25) is 0 Å². The molecule has 110 valence electrons. The summed E-state index contributed by atoms with van der Waals surface area (Å²) in [5, 5.41) is 19.8. The number of aliphatic hydroxyl groups is 2. The van der Waals surface area contributed by atoms with Gasteiger partial charge in [-0.1, -0.05) is 36.9 Å². The van der Waals surface area contributed by atoms with Crippen LogP contribution in [0, 0.1) is 0 Å². The number of hydrogen-bond acceptors (Lipinski definition) is 4. The molecule has 4 heteroatoms. The SMILES string of the molecule is CCC1=C(OC)C2=CC(O)C(O)C=C2Sc2ccccc21. The molecule has 3 rings (SSSR count). The Morgan fingerprint density at radius 1 is 1.14 bits per heavy atom. The van der Waals surface area contributed by atoms with E-state index in [2.05, 4.69) is 19.1 Å². The molecule has 0 saturated carbocycles. The van der Waals surface area contributed by atoms with Gasteiger partial charge in [0.25, 0.3) is 0 Å². The lowest BCUT2D eigenvalue weighted by molar-refractivity contribution is 0.0781. The maximum absolute atomic E-state index is 9.94. The van der Waals surface area contributed by atoms with Gasteiger partial charge in [-0.3, -0.25) is 0 Å². The van der Waals surface area contributed by atoms with Crippen LogP contribution in [0.2, 0.25) is 0 Å². The van der Waals surface area contributed by atoms with E-state index >= 15 is 0 Å². The highest BCUT2D eigenvalue weighted by Crippen LogP contribution is 2.47. The molecule has 2 atom stereocenters. The second kappa shape index (κ2) is 5.72. The predicted octanol–water partition coefficient (Wildman–Crippen LogP) is 3.11. The molecule has 1 aromatic rings. The molecule has 0 amide bonds. The van der Waals surface area contributed by atoms with Crippen molar-refractivity contribution in [1.29, 1.82) is 0 Å². The number of allylic oxidation sites excluding steroid dienone is 2. The van der Waals surface area contributed by atoms with Crippen LogP contribution in [0.15, 0.2) is 57.6 Å². The summed E-state index contributed by atoms with van der Waals surface area (Å²) in [6.45, 7) is 2.10. The average molecular weight is 302 g/mol. The third kappa shape index (κ3) is 2.44. The summed E-state index contributed by atoms with van der Waals surface area (Å²) in [4.78, 5) is 2.07. The van der Waals surface area contributed by atoms with E-state index in [4.69, 9.17) is 4.74 Å². The van der Waals surface area contributed by atoms with Crippen LogP contribution >= 0.6 is 11.8 Å².